The van der Waals surface area contributed by atoms with E-state index in [2.05, 4.69) is 4.99 Å². The van der Waals surface area contributed by atoms with Crippen LogP contribution in [-0.2, 0) is 9.59 Å². The number of aliphatic imine (C=N–C) groups is 1. The van der Waals surface area contributed by atoms with E-state index in [0.717, 1.165) is 11.3 Å². The summed E-state index contributed by atoms with van der Waals surface area (Å²) in [5, 5.41) is 0.806. The predicted molar refractivity (Wildman–Crippen MR) is 103 cm³/mol. The van der Waals surface area contributed by atoms with Crippen LogP contribution in [0.5, 0.6) is 5.75 Å². The molecule has 2 aromatic rings. The summed E-state index contributed by atoms with van der Waals surface area (Å²) in [6, 6.07) is 12.4. The van der Waals surface area contributed by atoms with Crippen LogP contribution in [0.2, 0.25) is 10.0 Å². The fourth-order valence-electron chi connectivity index (χ4n) is 3.00. The molecule has 0 heterocycles. The third-order valence-electron chi connectivity index (χ3n) is 4.45. The van der Waals surface area contributed by atoms with E-state index in [0.29, 0.717) is 28.6 Å². The summed E-state index contributed by atoms with van der Waals surface area (Å²) >= 11 is 11.8. The van der Waals surface area contributed by atoms with Gasteiger partial charge in [-0.15, -0.1) is 0 Å². The number of rotatable bonds is 4. The van der Waals surface area contributed by atoms with Crippen molar-refractivity contribution in [3.05, 3.63) is 58.1 Å². The molecule has 6 heteroatoms. The number of benzene rings is 2. The molecule has 0 aliphatic heterocycles. The quantitative estimate of drug-likeness (QED) is 0.543. The number of carbonyl (C=O) groups is 2. The number of hydrogen-bond donors (Lipinski definition) is 0. The first-order valence-corrected chi connectivity index (χ1v) is 8.92. The van der Waals surface area contributed by atoms with Gasteiger partial charge in [-0.1, -0.05) is 35.3 Å². The van der Waals surface area contributed by atoms with E-state index >= 15 is 0 Å². The topological polar surface area (TPSA) is 55.7 Å². The summed E-state index contributed by atoms with van der Waals surface area (Å²) in [6.45, 7) is 0. The van der Waals surface area contributed by atoms with Crippen molar-refractivity contribution in [2.45, 2.75) is 18.8 Å². The van der Waals surface area contributed by atoms with Gasteiger partial charge in [0.25, 0.3) is 0 Å². The molecule has 26 heavy (non-hydrogen) atoms. The molecular formula is C20H17Cl2NO3. The Labute approximate surface area is 161 Å². The van der Waals surface area contributed by atoms with Crippen LogP contribution in [-0.4, -0.2) is 24.9 Å². The molecule has 0 unspecified atom stereocenters. The number of Topliss-reactive ketones (excluding diaryl/α,β-unsaturated/α-hetero) is 2. The van der Waals surface area contributed by atoms with Crippen molar-refractivity contribution < 1.29 is 14.3 Å². The van der Waals surface area contributed by atoms with E-state index < -0.39 is 5.92 Å². The monoisotopic (exact) mass is 389 g/mol. The van der Waals surface area contributed by atoms with Crippen molar-refractivity contribution in [3.63, 3.8) is 0 Å². The first-order chi connectivity index (χ1) is 12.5. The van der Waals surface area contributed by atoms with Gasteiger partial charge in [0.15, 0.2) is 0 Å². The highest BCUT2D eigenvalue weighted by Crippen LogP contribution is 2.33. The third kappa shape index (κ3) is 4.14. The second-order valence-corrected chi connectivity index (χ2v) is 6.98. The van der Waals surface area contributed by atoms with Crippen molar-refractivity contribution in [1.82, 2.24) is 0 Å². The largest absolute Gasteiger partial charge is 0.497 e. The van der Waals surface area contributed by atoms with Crippen molar-refractivity contribution in [3.8, 4) is 5.75 Å². The molecule has 3 rings (SSSR count). The van der Waals surface area contributed by atoms with Crippen LogP contribution in [0.4, 0.5) is 5.69 Å². The van der Waals surface area contributed by atoms with E-state index in [4.69, 9.17) is 27.9 Å². The van der Waals surface area contributed by atoms with Gasteiger partial charge in [-0.2, -0.15) is 0 Å². The highest BCUT2D eigenvalue weighted by molar-refractivity contribution is 6.42. The molecule has 0 N–H and O–H groups in total. The van der Waals surface area contributed by atoms with E-state index in [1.165, 1.54) is 6.21 Å². The number of nitrogens with zero attached hydrogens (tertiary/aromatic N) is 1. The van der Waals surface area contributed by atoms with Gasteiger partial charge >= 0.3 is 0 Å². The highest BCUT2D eigenvalue weighted by Gasteiger charge is 2.35. The minimum atomic E-state index is -0.807. The van der Waals surface area contributed by atoms with Crippen LogP contribution in [0.1, 0.15) is 24.3 Å². The second-order valence-electron chi connectivity index (χ2n) is 6.17. The minimum absolute atomic E-state index is 0.101. The molecule has 0 bridgehead atoms. The van der Waals surface area contributed by atoms with Crippen LogP contribution in [0, 0.1) is 5.92 Å². The lowest BCUT2D eigenvalue weighted by molar-refractivity contribution is -0.133. The molecule has 1 fully saturated rings. The van der Waals surface area contributed by atoms with E-state index in [-0.39, 0.29) is 17.5 Å². The molecule has 1 aliphatic carbocycles. The fourth-order valence-corrected chi connectivity index (χ4v) is 3.29. The average molecular weight is 390 g/mol. The zero-order chi connectivity index (χ0) is 18.7. The summed E-state index contributed by atoms with van der Waals surface area (Å²) in [6.07, 6.45) is 2.04. The van der Waals surface area contributed by atoms with Gasteiger partial charge in [0, 0.05) is 19.1 Å². The lowest BCUT2D eigenvalue weighted by Crippen LogP contribution is -2.33. The zero-order valence-corrected chi connectivity index (χ0v) is 15.6. The Bertz CT molecular complexity index is 844. The van der Waals surface area contributed by atoms with Crippen LogP contribution in [0.25, 0.3) is 0 Å². The standard InChI is InChI=1S/C20H17Cl2NO3/c1-26-15-5-2-12(3-6-15)13-8-19(24)16(20(25)9-13)11-23-14-4-7-17(21)18(22)10-14/h2-7,10-11,13,16H,8-9H2,1H3. The summed E-state index contributed by atoms with van der Waals surface area (Å²) in [4.78, 5) is 29.2. The van der Waals surface area contributed by atoms with Crippen molar-refractivity contribution in [1.29, 1.82) is 0 Å². The molecule has 1 saturated carbocycles. The number of methoxy groups -OCH3 is 1. The normalized spacial score (nSPS) is 20.6. The first kappa shape index (κ1) is 18.6. The molecule has 0 amide bonds. The van der Waals surface area contributed by atoms with Gasteiger partial charge in [0.1, 0.15) is 23.2 Å². The average Bonchev–Trinajstić information content (AvgIpc) is 2.64. The summed E-state index contributed by atoms with van der Waals surface area (Å²) < 4.78 is 5.14. The maximum Gasteiger partial charge on any atom is 0.149 e. The van der Waals surface area contributed by atoms with Gasteiger partial charge in [-0.25, -0.2) is 0 Å². The molecule has 134 valence electrons. The maximum absolute atomic E-state index is 12.5. The van der Waals surface area contributed by atoms with Gasteiger partial charge in [0.05, 0.1) is 22.8 Å². The second kappa shape index (κ2) is 8.02. The maximum atomic E-state index is 12.5. The van der Waals surface area contributed by atoms with Crippen molar-refractivity contribution >= 4 is 46.7 Å². The number of hydrogen-bond acceptors (Lipinski definition) is 4. The molecule has 1 aliphatic rings. The zero-order valence-electron chi connectivity index (χ0n) is 14.1. The number of ether oxygens (including phenoxy) is 1. The Kier molecular flexibility index (Phi) is 5.74. The van der Waals surface area contributed by atoms with E-state index in [9.17, 15) is 9.59 Å². The van der Waals surface area contributed by atoms with E-state index in [1.807, 2.05) is 24.3 Å². The van der Waals surface area contributed by atoms with Gasteiger partial charge in [-0.3, -0.25) is 14.6 Å². The lowest BCUT2D eigenvalue weighted by atomic mass is 9.77. The molecule has 0 aromatic heterocycles. The molecule has 0 spiro atoms. The van der Waals surface area contributed by atoms with Crippen LogP contribution in [0.15, 0.2) is 47.5 Å². The SMILES string of the molecule is COc1ccc(C2CC(=O)C(C=Nc3ccc(Cl)c(Cl)c3)C(=O)C2)cc1. The van der Waals surface area contributed by atoms with Crippen LogP contribution >= 0.6 is 23.2 Å². The Hall–Kier alpha value is -2.17. The molecule has 2 aromatic carbocycles. The van der Waals surface area contributed by atoms with Crippen molar-refractivity contribution in [2.24, 2.45) is 10.9 Å². The van der Waals surface area contributed by atoms with E-state index in [1.54, 1.807) is 25.3 Å². The molecule has 0 atom stereocenters. The summed E-state index contributed by atoms with van der Waals surface area (Å²) in [5.74, 6) is -0.403. The van der Waals surface area contributed by atoms with Gasteiger partial charge < -0.3 is 4.74 Å². The Morgan fingerprint density at radius 2 is 1.65 bits per heavy atom. The van der Waals surface area contributed by atoms with Gasteiger partial charge in [0.2, 0.25) is 0 Å². The Morgan fingerprint density at radius 3 is 2.23 bits per heavy atom. The highest BCUT2D eigenvalue weighted by atomic mass is 35.5. The summed E-state index contributed by atoms with van der Waals surface area (Å²) in [5.41, 5.74) is 1.52. The molecule has 0 saturated heterocycles. The molecule has 0 radical (unpaired) electrons. The minimum Gasteiger partial charge on any atom is -0.497 e. The third-order valence-corrected chi connectivity index (χ3v) is 5.19. The lowest BCUT2D eigenvalue weighted by Gasteiger charge is -2.24. The predicted octanol–water partition coefficient (Wildman–Crippen LogP) is 5.04. The number of halogens is 2. The molecule has 4 nitrogen and oxygen atoms in total. The van der Waals surface area contributed by atoms with Crippen LogP contribution in [0.3, 0.4) is 0 Å². The summed E-state index contributed by atoms with van der Waals surface area (Å²) in [7, 11) is 1.60. The van der Waals surface area contributed by atoms with Crippen molar-refractivity contribution in [2.75, 3.05) is 7.11 Å². The fraction of sp³-hybridized carbons (Fsp3) is 0.250. The first-order valence-electron chi connectivity index (χ1n) is 8.16. The number of ketones is 2. The Balaban J connectivity index is 1.71. The molecular weight excluding hydrogens is 373 g/mol. The van der Waals surface area contributed by atoms with Crippen LogP contribution < -0.4 is 4.74 Å². The number of carbonyl (C=O) groups excluding carboxylic acids is 2. The smallest absolute Gasteiger partial charge is 0.149 e. The Morgan fingerprint density at radius 1 is 1.00 bits per heavy atom. The van der Waals surface area contributed by atoms with Gasteiger partial charge in [-0.05, 0) is 41.8 Å².